The van der Waals surface area contributed by atoms with E-state index >= 15 is 0 Å². The topological polar surface area (TPSA) is 30.7 Å². The number of aromatic nitrogens is 3. The van der Waals surface area contributed by atoms with E-state index in [0.29, 0.717) is 0 Å². The number of rotatable bonds is 0. The Kier molecular flexibility index (Phi) is 4.51. The predicted molar refractivity (Wildman–Crippen MR) is 67.2 cm³/mol. The molecule has 0 amide bonds. The Morgan fingerprint density at radius 2 is 1.56 bits per heavy atom. The van der Waals surface area contributed by atoms with Gasteiger partial charge in [-0.3, -0.25) is 4.68 Å². The van der Waals surface area contributed by atoms with E-state index in [-0.39, 0.29) is 0 Å². The van der Waals surface area contributed by atoms with Crippen LogP contribution in [0.5, 0.6) is 0 Å². The summed E-state index contributed by atoms with van der Waals surface area (Å²) in [4.78, 5) is 0. The minimum absolute atomic E-state index is 0.981. The van der Waals surface area contributed by atoms with Crippen LogP contribution in [0.2, 0.25) is 0 Å². The third-order valence-electron chi connectivity index (χ3n) is 4.21. The Balaban J connectivity index is 0.000000160. The zero-order chi connectivity index (χ0) is 12.3. The molecule has 1 aliphatic carbocycles. The van der Waals surface area contributed by atoms with Gasteiger partial charge in [-0.15, -0.1) is 5.10 Å². The Morgan fingerprint density at radius 1 is 1.06 bits per heavy atom. The smallest absolute Gasteiger partial charge is 0.0825 e. The van der Waals surface area contributed by atoms with E-state index < -0.39 is 0 Å². The van der Waals surface area contributed by atoms with E-state index in [2.05, 4.69) is 31.1 Å². The van der Waals surface area contributed by atoms with Gasteiger partial charge in [0, 0.05) is 7.05 Å². The van der Waals surface area contributed by atoms with Crippen molar-refractivity contribution < 1.29 is 0 Å². The maximum absolute atomic E-state index is 3.83. The summed E-state index contributed by atoms with van der Waals surface area (Å²) in [7, 11) is 1.88. The van der Waals surface area contributed by atoms with Gasteiger partial charge in [0.1, 0.15) is 0 Å². The zero-order valence-electron chi connectivity index (χ0n) is 11.5. The lowest BCUT2D eigenvalue weighted by Crippen LogP contribution is -2.04. The van der Waals surface area contributed by atoms with E-state index in [1.165, 1.54) is 12.8 Å². The maximum atomic E-state index is 3.83. The third kappa shape index (κ3) is 3.06. The SMILES string of the molecule is CC1[C@H](C)CC[C@@H]1C.Cc1nnn(C)c1C. The molecule has 1 heterocycles. The molecule has 0 N–H and O–H groups in total. The van der Waals surface area contributed by atoms with Crippen LogP contribution in [0.1, 0.15) is 45.0 Å². The van der Waals surface area contributed by atoms with Crippen molar-refractivity contribution in [3.8, 4) is 0 Å². The van der Waals surface area contributed by atoms with Gasteiger partial charge in [0.15, 0.2) is 0 Å². The second-order valence-corrected chi connectivity index (χ2v) is 5.27. The Labute approximate surface area is 99.2 Å². The van der Waals surface area contributed by atoms with E-state index in [1.807, 2.05) is 20.9 Å². The largest absolute Gasteiger partial charge is 0.252 e. The van der Waals surface area contributed by atoms with Gasteiger partial charge in [0.2, 0.25) is 0 Å². The molecule has 0 aliphatic heterocycles. The summed E-state index contributed by atoms with van der Waals surface area (Å²) in [5.41, 5.74) is 2.14. The number of hydrogen-bond donors (Lipinski definition) is 0. The van der Waals surface area contributed by atoms with Crippen molar-refractivity contribution in [1.82, 2.24) is 15.0 Å². The molecule has 1 saturated carbocycles. The van der Waals surface area contributed by atoms with Crippen LogP contribution in [0.25, 0.3) is 0 Å². The average molecular weight is 223 g/mol. The molecule has 1 aromatic rings. The van der Waals surface area contributed by atoms with E-state index in [0.717, 1.165) is 29.1 Å². The summed E-state index contributed by atoms with van der Waals surface area (Å²) in [5, 5.41) is 7.61. The molecule has 1 unspecified atom stereocenters. The lowest BCUT2D eigenvalue weighted by Gasteiger charge is -2.11. The molecule has 1 aromatic heterocycles. The van der Waals surface area contributed by atoms with Crippen molar-refractivity contribution in [3.63, 3.8) is 0 Å². The fourth-order valence-electron chi connectivity index (χ4n) is 2.12. The molecule has 3 heteroatoms. The highest BCUT2D eigenvalue weighted by atomic mass is 15.4. The van der Waals surface area contributed by atoms with Crippen molar-refractivity contribution in [2.24, 2.45) is 24.8 Å². The Morgan fingerprint density at radius 3 is 1.69 bits per heavy atom. The molecular weight excluding hydrogens is 198 g/mol. The molecule has 3 atom stereocenters. The lowest BCUT2D eigenvalue weighted by atomic mass is 9.94. The van der Waals surface area contributed by atoms with Gasteiger partial charge in [-0.1, -0.05) is 38.8 Å². The minimum atomic E-state index is 0.981. The van der Waals surface area contributed by atoms with Crippen molar-refractivity contribution in [2.75, 3.05) is 0 Å². The third-order valence-corrected chi connectivity index (χ3v) is 4.21. The Bertz CT molecular complexity index is 300. The maximum Gasteiger partial charge on any atom is 0.0825 e. The first-order chi connectivity index (χ1) is 7.43. The van der Waals surface area contributed by atoms with Gasteiger partial charge in [-0.2, -0.15) is 0 Å². The molecule has 1 aliphatic rings. The monoisotopic (exact) mass is 223 g/mol. The summed E-state index contributed by atoms with van der Waals surface area (Å²) in [6.07, 6.45) is 2.92. The van der Waals surface area contributed by atoms with Crippen LogP contribution in [0.4, 0.5) is 0 Å². The highest BCUT2D eigenvalue weighted by Gasteiger charge is 2.25. The molecule has 0 bridgehead atoms. The quantitative estimate of drug-likeness (QED) is 0.676. The number of hydrogen-bond acceptors (Lipinski definition) is 2. The van der Waals surface area contributed by atoms with Crippen LogP contribution in [-0.2, 0) is 7.05 Å². The first-order valence-corrected chi connectivity index (χ1v) is 6.26. The van der Waals surface area contributed by atoms with Crippen LogP contribution >= 0.6 is 0 Å². The highest BCUT2D eigenvalue weighted by molar-refractivity contribution is 5.03. The molecule has 3 nitrogen and oxygen atoms in total. The van der Waals surface area contributed by atoms with Gasteiger partial charge in [0.05, 0.1) is 11.4 Å². The first kappa shape index (κ1) is 13.2. The first-order valence-electron chi connectivity index (χ1n) is 6.26. The second kappa shape index (κ2) is 5.46. The van der Waals surface area contributed by atoms with Crippen LogP contribution < -0.4 is 0 Å². The van der Waals surface area contributed by atoms with Gasteiger partial charge >= 0.3 is 0 Å². The van der Waals surface area contributed by atoms with E-state index in [1.54, 1.807) is 4.68 Å². The molecular formula is C13H25N3. The lowest BCUT2D eigenvalue weighted by molar-refractivity contribution is 0.380. The molecule has 0 spiro atoms. The summed E-state index contributed by atoms with van der Waals surface area (Å²) in [6, 6.07) is 0. The molecule has 1 fully saturated rings. The van der Waals surface area contributed by atoms with Gasteiger partial charge in [-0.25, -0.2) is 0 Å². The summed E-state index contributed by atoms with van der Waals surface area (Å²) >= 11 is 0. The summed E-state index contributed by atoms with van der Waals surface area (Å²) in [6.45, 7) is 11.1. The van der Waals surface area contributed by atoms with Crippen molar-refractivity contribution in [2.45, 2.75) is 47.5 Å². The van der Waals surface area contributed by atoms with Crippen LogP contribution in [0, 0.1) is 31.6 Å². The fourth-order valence-corrected chi connectivity index (χ4v) is 2.12. The van der Waals surface area contributed by atoms with Crippen LogP contribution in [0.3, 0.4) is 0 Å². The van der Waals surface area contributed by atoms with Crippen LogP contribution in [-0.4, -0.2) is 15.0 Å². The summed E-state index contributed by atoms with van der Waals surface area (Å²) < 4.78 is 1.76. The minimum Gasteiger partial charge on any atom is -0.252 e. The molecule has 0 radical (unpaired) electrons. The molecule has 92 valence electrons. The van der Waals surface area contributed by atoms with Crippen LogP contribution in [0.15, 0.2) is 0 Å². The van der Waals surface area contributed by atoms with Crippen molar-refractivity contribution >= 4 is 0 Å². The summed E-state index contributed by atoms with van der Waals surface area (Å²) in [5.74, 6) is 2.96. The zero-order valence-corrected chi connectivity index (χ0v) is 11.5. The molecule has 0 saturated heterocycles. The van der Waals surface area contributed by atoms with E-state index in [4.69, 9.17) is 0 Å². The Hall–Kier alpha value is -0.860. The second-order valence-electron chi connectivity index (χ2n) is 5.27. The van der Waals surface area contributed by atoms with Crippen molar-refractivity contribution in [1.29, 1.82) is 0 Å². The fraction of sp³-hybridized carbons (Fsp3) is 0.846. The van der Waals surface area contributed by atoms with E-state index in [9.17, 15) is 0 Å². The standard InChI is InChI=1S/C8H16.C5H9N3/c1-6-4-5-7(2)8(6)3;1-4-5(2)8(3)7-6-4/h6-8H,4-5H2,1-3H3;1-3H3/t6-,7+,8?;. The molecule has 16 heavy (non-hydrogen) atoms. The highest BCUT2D eigenvalue weighted by Crippen LogP contribution is 2.35. The van der Waals surface area contributed by atoms with Crippen molar-refractivity contribution in [3.05, 3.63) is 11.4 Å². The van der Waals surface area contributed by atoms with Gasteiger partial charge < -0.3 is 0 Å². The number of nitrogens with zero attached hydrogens (tertiary/aromatic N) is 3. The van der Waals surface area contributed by atoms with Gasteiger partial charge in [-0.05, 0) is 31.6 Å². The molecule has 0 aromatic carbocycles. The molecule has 2 rings (SSSR count). The number of aryl methyl sites for hydroxylation is 2. The van der Waals surface area contributed by atoms with Gasteiger partial charge in [0.25, 0.3) is 0 Å². The average Bonchev–Trinajstić information content (AvgIpc) is 2.70. The normalized spacial score (nSPS) is 28.8. The predicted octanol–water partition coefficient (Wildman–Crippen LogP) is 3.12.